The maximum absolute atomic E-state index is 3.15. The Morgan fingerprint density at radius 1 is 1.09 bits per heavy atom. The normalized spacial score (nSPS) is 11.1. The van der Waals surface area contributed by atoms with Gasteiger partial charge in [-0.2, -0.15) is 0 Å². The highest BCUT2D eigenvalue weighted by atomic mass is 14.8. The summed E-state index contributed by atoms with van der Waals surface area (Å²) in [5, 5.41) is 3.15. The Kier molecular flexibility index (Phi) is 9.44. The van der Waals surface area contributed by atoms with Crippen LogP contribution < -0.4 is 5.32 Å². The molecule has 66 valence electrons. The molecule has 0 bridgehead atoms. The van der Waals surface area contributed by atoms with Gasteiger partial charge in [-0.15, -0.1) is 0 Å². The first kappa shape index (κ1) is 10.7. The second kappa shape index (κ2) is 9.70. The third kappa shape index (κ3) is 9.70. The van der Waals surface area contributed by atoms with Crippen molar-refractivity contribution in [2.75, 3.05) is 13.6 Å². The van der Waals surface area contributed by atoms with Crippen LogP contribution in [0.25, 0.3) is 0 Å². The maximum Gasteiger partial charge on any atom is -0.00518 e. The van der Waals surface area contributed by atoms with Crippen molar-refractivity contribution >= 4 is 0 Å². The van der Waals surface area contributed by atoms with Gasteiger partial charge in [-0.1, -0.05) is 25.5 Å². The molecule has 0 fully saturated rings. The molecule has 0 spiro atoms. The Morgan fingerprint density at radius 2 is 1.82 bits per heavy atom. The highest BCUT2D eigenvalue weighted by Gasteiger charge is 1.82. The Bertz CT molecular complexity index is 86.9. The molecule has 0 saturated heterocycles. The van der Waals surface area contributed by atoms with E-state index in [1.807, 2.05) is 7.05 Å². The predicted molar refractivity (Wildman–Crippen MR) is 51.8 cm³/mol. The van der Waals surface area contributed by atoms with Crippen molar-refractivity contribution in [2.45, 2.75) is 39.0 Å². The van der Waals surface area contributed by atoms with E-state index in [-0.39, 0.29) is 0 Å². The summed E-state index contributed by atoms with van der Waals surface area (Å²) in [4.78, 5) is 0. The van der Waals surface area contributed by atoms with Crippen molar-refractivity contribution in [3.05, 3.63) is 12.2 Å². The molecule has 0 amide bonds. The average Bonchev–Trinajstić information content (AvgIpc) is 2.03. The smallest absolute Gasteiger partial charge is 0.00518 e. The van der Waals surface area contributed by atoms with Crippen LogP contribution in [-0.2, 0) is 0 Å². The van der Waals surface area contributed by atoms with E-state index in [2.05, 4.69) is 24.4 Å². The van der Waals surface area contributed by atoms with E-state index in [0.29, 0.717) is 0 Å². The molecule has 0 aromatic carbocycles. The first-order valence-electron chi connectivity index (χ1n) is 4.71. The lowest BCUT2D eigenvalue weighted by Gasteiger charge is -1.95. The summed E-state index contributed by atoms with van der Waals surface area (Å²) in [5.74, 6) is 0. The summed E-state index contributed by atoms with van der Waals surface area (Å²) in [5.41, 5.74) is 0. The summed E-state index contributed by atoms with van der Waals surface area (Å²) in [6, 6.07) is 0. The number of rotatable bonds is 7. The maximum atomic E-state index is 3.15. The average molecular weight is 155 g/mol. The van der Waals surface area contributed by atoms with E-state index < -0.39 is 0 Å². The molecule has 0 atom stereocenters. The number of nitrogens with one attached hydrogen (secondary N) is 1. The van der Waals surface area contributed by atoms with Crippen molar-refractivity contribution in [3.8, 4) is 0 Å². The molecule has 0 aromatic heterocycles. The standard InChI is InChI=1S/C10H21N/c1-3-4-5-6-7-8-9-10-11-2/h5-6,11H,3-4,7-10H2,1-2H3/b6-5-. The zero-order valence-electron chi connectivity index (χ0n) is 7.90. The van der Waals surface area contributed by atoms with Crippen LogP contribution in [0.1, 0.15) is 39.0 Å². The topological polar surface area (TPSA) is 12.0 Å². The van der Waals surface area contributed by atoms with Gasteiger partial charge in [0.25, 0.3) is 0 Å². The molecule has 0 radical (unpaired) electrons. The largest absolute Gasteiger partial charge is 0.320 e. The molecule has 1 nitrogen and oxygen atoms in total. The highest BCUT2D eigenvalue weighted by Crippen LogP contribution is 1.97. The van der Waals surface area contributed by atoms with Crippen LogP contribution >= 0.6 is 0 Å². The van der Waals surface area contributed by atoms with E-state index >= 15 is 0 Å². The van der Waals surface area contributed by atoms with E-state index in [0.717, 1.165) is 6.54 Å². The lowest BCUT2D eigenvalue weighted by atomic mass is 10.2. The van der Waals surface area contributed by atoms with Crippen LogP contribution in [0, 0.1) is 0 Å². The second-order valence-corrected chi connectivity index (χ2v) is 2.86. The van der Waals surface area contributed by atoms with Gasteiger partial charge in [0.05, 0.1) is 0 Å². The van der Waals surface area contributed by atoms with Crippen LogP contribution in [0.4, 0.5) is 0 Å². The molecule has 0 rings (SSSR count). The van der Waals surface area contributed by atoms with Crippen LogP contribution in [0.3, 0.4) is 0 Å². The molecule has 0 aliphatic rings. The molecular weight excluding hydrogens is 134 g/mol. The van der Waals surface area contributed by atoms with Crippen molar-refractivity contribution in [3.63, 3.8) is 0 Å². The minimum atomic E-state index is 1.15. The summed E-state index contributed by atoms with van der Waals surface area (Å²) in [7, 11) is 2.01. The Morgan fingerprint density at radius 3 is 2.45 bits per heavy atom. The molecule has 11 heavy (non-hydrogen) atoms. The van der Waals surface area contributed by atoms with Gasteiger partial charge >= 0.3 is 0 Å². The van der Waals surface area contributed by atoms with E-state index in [4.69, 9.17) is 0 Å². The van der Waals surface area contributed by atoms with Gasteiger partial charge < -0.3 is 5.32 Å². The number of allylic oxidation sites excluding steroid dienone is 2. The van der Waals surface area contributed by atoms with E-state index in [1.54, 1.807) is 0 Å². The Labute approximate surface area is 70.9 Å². The number of hydrogen-bond donors (Lipinski definition) is 1. The number of unbranched alkanes of at least 4 members (excludes halogenated alkanes) is 3. The number of hydrogen-bond acceptors (Lipinski definition) is 1. The van der Waals surface area contributed by atoms with Crippen molar-refractivity contribution in [1.29, 1.82) is 0 Å². The summed E-state index contributed by atoms with van der Waals surface area (Å²) in [6.45, 7) is 3.37. The van der Waals surface area contributed by atoms with Gasteiger partial charge in [-0.05, 0) is 39.3 Å². The SMILES string of the molecule is CCC/C=C\CCCCNC. The zero-order chi connectivity index (χ0) is 8.36. The van der Waals surface area contributed by atoms with E-state index in [1.165, 1.54) is 32.1 Å². The summed E-state index contributed by atoms with van der Waals surface area (Å²) in [6.07, 6.45) is 11.0. The monoisotopic (exact) mass is 155 g/mol. The molecule has 0 heterocycles. The van der Waals surface area contributed by atoms with Gasteiger partial charge in [-0.25, -0.2) is 0 Å². The van der Waals surface area contributed by atoms with Crippen molar-refractivity contribution < 1.29 is 0 Å². The lowest BCUT2D eigenvalue weighted by molar-refractivity contribution is 0.684. The third-order valence-corrected chi connectivity index (χ3v) is 1.67. The van der Waals surface area contributed by atoms with Crippen molar-refractivity contribution in [2.24, 2.45) is 0 Å². The fourth-order valence-electron chi connectivity index (χ4n) is 0.966. The molecule has 0 aliphatic heterocycles. The van der Waals surface area contributed by atoms with Gasteiger partial charge in [0.2, 0.25) is 0 Å². The minimum absolute atomic E-state index is 1.15. The zero-order valence-corrected chi connectivity index (χ0v) is 7.90. The lowest BCUT2D eigenvalue weighted by Crippen LogP contribution is -2.06. The molecule has 0 unspecified atom stereocenters. The molecule has 1 N–H and O–H groups in total. The van der Waals surface area contributed by atoms with Gasteiger partial charge in [-0.3, -0.25) is 0 Å². The second-order valence-electron chi connectivity index (χ2n) is 2.86. The molecular formula is C10H21N. The van der Waals surface area contributed by atoms with E-state index in [9.17, 15) is 0 Å². The third-order valence-electron chi connectivity index (χ3n) is 1.67. The molecule has 0 saturated carbocycles. The first-order valence-corrected chi connectivity index (χ1v) is 4.71. The Balaban J connectivity index is 2.89. The van der Waals surface area contributed by atoms with Crippen LogP contribution in [0.2, 0.25) is 0 Å². The fourth-order valence-corrected chi connectivity index (χ4v) is 0.966. The van der Waals surface area contributed by atoms with Gasteiger partial charge in [0, 0.05) is 0 Å². The van der Waals surface area contributed by atoms with Crippen LogP contribution in [-0.4, -0.2) is 13.6 Å². The van der Waals surface area contributed by atoms with Crippen LogP contribution in [0.5, 0.6) is 0 Å². The predicted octanol–water partition coefficient (Wildman–Crippen LogP) is 2.73. The van der Waals surface area contributed by atoms with Crippen LogP contribution in [0.15, 0.2) is 12.2 Å². The summed E-state index contributed by atoms with van der Waals surface area (Å²) < 4.78 is 0. The first-order chi connectivity index (χ1) is 5.41. The molecule has 0 aromatic rings. The van der Waals surface area contributed by atoms with Gasteiger partial charge in [0.1, 0.15) is 0 Å². The quantitative estimate of drug-likeness (QED) is 0.440. The Hall–Kier alpha value is -0.300. The molecule has 0 aliphatic carbocycles. The van der Waals surface area contributed by atoms with Gasteiger partial charge in [0.15, 0.2) is 0 Å². The highest BCUT2D eigenvalue weighted by molar-refractivity contribution is 4.80. The fraction of sp³-hybridized carbons (Fsp3) is 0.800. The molecule has 1 heteroatoms. The minimum Gasteiger partial charge on any atom is -0.320 e. The van der Waals surface area contributed by atoms with Crippen molar-refractivity contribution in [1.82, 2.24) is 5.32 Å². The summed E-state index contributed by atoms with van der Waals surface area (Å²) >= 11 is 0.